The van der Waals surface area contributed by atoms with E-state index in [1.54, 1.807) is 0 Å². The van der Waals surface area contributed by atoms with Crippen LogP contribution >= 0.6 is 9.24 Å². The minimum absolute atomic E-state index is 0.0802. The summed E-state index contributed by atoms with van der Waals surface area (Å²) in [5.41, 5.74) is 5.51. The second kappa shape index (κ2) is 18.2. The van der Waals surface area contributed by atoms with Gasteiger partial charge in [0.2, 0.25) is 0 Å². The molecule has 3 rings (SSSR count). The third-order valence-corrected chi connectivity index (χ3v) is 8.21. The van der Waals surface area contributed by atoms with Gasteiger partial charge in [-0.05, 0) is 74.4 Å². The first-order chi connectivity index (χ1) is 22.1. The number of carbonyl (C=O) groups is 2. The maximum Gasteiger partial charge on any atom is 0.288 e. The Morgan fingerprint density at radius 2 is 1.83 bits per heavy atom. The summed E-state index contributed by atoms with van der Waals surface area (Å²) in [6.45, 7) is 8.28. The maximum atomic E-state index is 14.4. The molecule has 1 aliphatic rings. The number of nitrogens with one attached hydrogen (secondary N) is 1. The van der Waals surface area contributed by atoms with Crippen LogP contribution in [0.3, 0.4) is 0 Å². The second-order valence-electron chi connectivity index (χ2n) is 11.6. The van der Waals surface area contributed by atoms with Crippen LogP contribution < -0.4 is 10.6 Å². The highest BCUT2D eigenvalue weighted by Gasteiger charge is 2.31. The third kappa shape index (κ3) is 9.71. The molecule has 244 valence electrons. The number of benzene rings is 1. The molecule has 0 radical (unpaired) electrons. The van der Waals surface area contributed by atoms with E-state index in [-0.39, 0.29) is 24.7 Å². The highest BCUT2D eigenvalue weighted by atomic mass is 31.0. The fourth-order valence-electron chi connectivity index (χ4n) is 5.69. The fourth-order valence-corrected chi connectivity index (χ4v) is 5.88. The Labute approximate surface area is 273 Å². The lowest BCUT2D eigenvalue weighted by Gasteiger charge is -2.20. The van der Waals surface area contributed by atoms with Crippen molar-refractivity contribution in [2.75, 3.05) is 0 Å². The highest BCUT2D eigenvalue weighted by molar-refractivity contribution is 7.27. The predicted octanol–water partition coefficient (Wildman–Crippen LogP) is 7.63. The van der Waals surface area contributed by atoms with E-state index < -0.39 is 24.5 Å². The zero-order valence-corrected chi connectivity index (χ0v) is 28.3. The summed E-state index contributed by atoms with van der Waals surface area (Å²) in [4.78, 5) is 47.9. The summed E-state index contributed by atoms with van der Waals surface area (Å²) < 4.78 is 2.10. The van der Waals surface area contributed by atoms with Gasteiger partial charge in [0, 0.05) is 28.7 Å². The minimum Gasteiger partial charge on any atom is -0.393 e. The number of hydrogen-bond acceptors (Lipinski definition) is 6. The summed E-state index contributed by atoms with van der Waals surface area (Å²) in [5, 5.41) is 20.5. The number of allylic oxidation sites excluding steroid dienone is 9. The van der Waals surface area contributed by atoms with Crippen LogP contribution in [0.5, 0.6) is 0 Å². The molecule has 2 aromatic rings. The van der Waals surface area contributed by atoms with Crippen LogP contribution in [0.2, 0.25) is 0 Å². The van der Waals surface area contributed by atoms with Crippen molar-refractivity contribution in [3.63, 3.8) is 0 Å². The van der Waals surface area contributed by atoms with Crippen LogP contribution in [0.1, 0.15) is 93.8 Å². The van der Waals surface area contributed by atoms with Gasteiger partial charge in [-0.25, -0.2) is 0 Å². The molecule has 1 aromatic heterocycles. The Balaban J connectivity index is 2.25. The van der Waals surface area contributed by atoms with Crippen molar-refractivity contribution in [2.45, 2.75) is 90.8 Å². The Kier molecular flexibility index (Phi) is 14.4. The molecule has 0 bridgehead atoms. The molecule has 0 saturated heterocycles. The van der Waals surface area contributed by atoms with Gasteiger partial charge in [0.15, 0.2) is 0 Å². The van der Waals surface area contributed by atoms with Crippen molar-refractivity contribution < 1.29 is 14.7 Å². The standard InChI is InChI=1S/C36H45N4O5P/c1-5-7-10-13-25(6-2)32-33(36(43)37-27-14-11-8-9-12-15-27)34(24(3)4)40(35(32)26-16-18-30(46)19-17-26)21-20-29(41)22-28(38-44)23-31(42)39-45/h5-7,10-11,13-19,24,28-29,41H,8-9,12,20-23,46H2,1-4H3,(H,37,43)/b7-5-,13-10-,25-6+/t28?,29-/m1/s1. The lowest BCUT2D eigenvalue weighted by molar-refractivity contribution is -0.118. The van der Waals surface area contributed by atoms with Crippen LogP contribution in [-0.2, 0) is 11.3 Å². The molecule has 0 fully saturated rings. The summed E-state index contributed by atoms with van der Waals surface area (Å²) >= 11 is 0. The smallest absolute Gasteiger partial charge is 0.288 e. The summed E-state index contributed by atoms with van der Waals surface area (Å²) in [7, 11) is 2.69. The molecule has 0 aliphatic heterocycles. The molecule has 2 N–H and O–H groups in total. The molecule has 0 spiro atoms. The molecule has 2 amide bonds. The number of aliphatic hydroxyl groups is 1. The second-order valence-corrected chi connectivity index (χ2v) is 12.3. The quantitative estimate of drug-likeness (QED) is 0.117. The van der Waals surface area contributed by atoms with Gasteiger partial charge in [-0.2, -0.15) is 4.91 Å². The summed E-state index contributed by atoms with van der Waals surface area (Å²) in [6.07, 6.45) is 17.4. The van der Waals surface area contributed by atoms with E-state index in [0.29, 0.717) is 12.1 Å². The SMILES string of the molecule is C\C=C/C=C\C(=C/C)c1c(C(=O)NC2=CCCCC=C2)c(C(C)C)n(CC[C@@H](O)CC(CC(=O)N=O)N=O)c1-c1ccc(P)cc1. The van der Waals surface area contributed by atoms with E-state index >= 15 is 0 Å². The Morgan fingerprint density at radius 1 is 1.09 bits per heavy atom. The number of rotatable bonds is 15. The van der Waals surface area contributed by atoms with E-state index in [0.717, 1.165) is 58.4 Å². The van der Waals surface area contributed by atoms with Crippen molar-refractivity contribution in [1.82, 2.24) is 9.88 Å². The lowest BCUT2D eigenvalue weighted by atomic mass is 9.93. The van der Waals surface area contributed by atoms with Crippen molar-refractivity contribution in [1.29, 1.82) is 0 Å². The van der Waals surface area contributed by atoms with Gasteiger partial charge in [0.25, 0.3) is 11.8 Å². The van der Waals surface area contributed by atoms with Crippen LogP contribution in [0.4, 0.5) is 0 Å². The zero-order valence-electron chi connectivity index (χ0n) is 27.1. The van der Waals surface area contributed by atoms with Crippen LogP contribution in [0.25, 0.3) is 16.8 Å². The molecular weight excluding hydrogens is 599 g/mol. The maximum absolute atomic E-state index is 14.4. The average Bonchev–Trinajstić information content (AvgIpc) is 3.16. The van der Waals surface area contributed by atoms with Gasteiger partial charge in [-0.3, -0.25) is 9.59 Å². The number of amides is 2. The van der Waals surface area contributed by atoms with E-state index in [9.17, 15) is 24.5 Å². The Hall–Kier alpha value is -4.07. The van der Waals surface area contributed by atoms with Gasteiger partial charge >= 0.3 is 0 Å². The lowest BCUT2D eigenvalue weighted by Crippen LogP contribution is -2.25. The van der Waals surface area contributed by atoms with E-state index in [2.05, 4.69) is 35.6 Å². The largest absolute Gasteiger partial charge is 0.393 e. The summed E-state index contributed by atoms with van der Waals surface area (Å²) in [5.74, 6) is -1.28. The topological polar surface area (TPSA) is 130 Å². The normalized spacial score (nSPS) is 15.2. The average molecular weight is 645 g/mol. The van der Waals surface area contributed by atoms with Gasteiger partial charge in [-0.15, -0.1) is 14.1 Å². The van der Waals surface area contributed by atoms with Gasteiger partial charge in [0.1, 0.15) is 6.04 Å². The van der Waals surface area contributed by atoms with E-state index in [1.165, 1.54) is 0 Å². The number of nitrogens with zero attached hydrogens (tertiary/aromatic N) is 3. The minimum atomic E-state index is -1.06. The molecule has 10 heteroatoms. The van der Waals surface area contributed by atoms with E-state index in [4.69, 9.17) is 0 Å². The van der Waals surface area contributed by atoms with Crippen LogP contribution in [-0.4, -0.2) is 33.6 Å². The molecule has 1 heterocycles. The first kappa shape index (κ1) is 36.4. The van der Waals surface area contributed by atoms with Crippen LogP contribution in [0, 0.1) is 9.81 Å². The molecular formula is C36H45N4O5P. The summed E-state index contributed by atoms with van der Waals surface area (Å²) in [6, 6.07) is 6.96. The van der Waals surface area contributed by atoms with Gasteiger partial charge in [-0.1, -0.05) is 85.8 Å². The first-order valence-corrected chi connectivity index (χ1v) is 16.4. The van der Waals surface area contributed by atoms with Gasteiger partial charge < -0.3 is 15.0 Å². The van der Waals surface area contributed by atoms with Crippen molar-refractivity contribution in [2.24, 2.45) is 10.4 Å². The van der Waals surface area contributed by atoms with Gasteiger partial charge in [0.05, 0.1) is 23.8 Å². The fraction of sp³-hybridized carbons (Fsp3) is 0.389. The number of carbonyl (C=O) groups excluding carboxylic acids is 2. The number of nitroso groups, excluding NO2 is 2. The molecule has 1 aromatic carbocycles. The highest BCUT2D eigenvalue weighted by Crippen LogP contribution is 2.40. The number of aliphatic hydroxyl groups excluding tert-OH is 1. The number of aromatic nitrogens is 1. The van der Waals surface area contributed by atoms with Crippen molar-refractivity contribution >= 4 is 31.9 Å². The first-order valence-electron chi connectivity index (χ1n) is 15.8. The molecule has 2 unspecified atom stereocenters. The Morgan fingerprint density at radius 3 is 2.46 bits per heavy atom. The van der Waals surface area contributed by atoms with E-state index in [1.807, 2.05) is 94.5 Å². The molecule has 46 heavy (non-hydrogen) atoms. The van der Waals surface area contributed by atoms with Crippen LogP contribution in [0.15, 0.2) is 88.9 Å². The molecule has 9 nitrogen and oxygen atoms in total. The molecule has 0 saturated carbocycles. The number of hydrogen-bond donors (Lipinski definition) is 2. The monoisotopic (exact) mass is 644 g/mol. The molecule has 1 aliphatic carbocycles. The Bertz CT molecular complexity index is 1550. The predicted molar refractivity (Wildman–Crippen MR) is 190 cm³/mol. The third-order valence-electron chi connectivity index (χ3n) is 7.83. The molecule has 3 atom stereocenters. The van der Waals surface area contributed by atoms with Crippen molar-refractivity contribution in [3.8, 4) is 11.3 Å². The van der Waals surface area contributed by atoms with Crippen molar-refractivity contribution in [3.05, 3.63) is 105 Å². The zero-order chi connectivity index (χ0) is 33.6.